The molecule has 0 fully saturated rings. The number of rotatable bonds is 5. The van der Waals surface area contributed by atoms with E-state index < -0.39 is 12.7 Å². The second kappa shape index (κ2) is 7.86. The normalized spacial score (nSPS) is 12.2. The van der Waals surface area contributed by atoms with E-state index in [1.165, 1.54) is 17.0 Å². The molecule has 3 rings (SSSR count). The number of benzene rings is 3. The summed E-state index contributed by atoms with van der Waals surface area (Å²) >= 11 is 0. The van der Waals surface area contributed by atoms with Crippen LogP contribution >= 0.6 is 0 Å². The van der Waals surface area contributed by atoms with E-state index in [9.17, 15) is 14.3 Å². The summed E-state index contributed by atoms with van der Waals surface area (Å²) in [6.07, 6.45) is -0.962. The fourth-order valence-corrected chi connectivity index (χ4v) is 3.13. The highest BCUT2D eigenvalue weighted by Gasteiger charge is 2.15. The van der Waals surface area contributed by atoms with Crippen molar-refractivity contribution in [3.05, 3.63) is 71.5 Å². The Hall–Kier alpha value is -2.76. The Balaban J connectivity index is 1.91. The summed E-state index contributed by atoms with van der Waals surface area (Å²) in [5, 5.41) is 20.3. The van der Waals surface area contributed by atoms with Crippen molar-refractivity contribution >= 4 is 16.7 Å². The van der Waals surface area contributed by atoms with E-state index in [0.29, 0.717) is 5.56 Å². The zero-order valence-electron chi connectivity index (χ0n) is 15.3. The molecule has 0 saturated heterocycles. The highest BCUT2D eigenvalue weighted by molar-refractivity contribution is 5.99. The van der Waals surface area contributed by atoms with Gasteiger partial charge in [0, 0.05) is 19.2 Å². The molecule has 140 valence electrons. The van der Waals surface area contributed by atoms with Crippen LogP contribution in [0, 0.1) is 12.7 Å². The maximum Gasteiger partial charge on any atom is 0.253 e. The van der Waals surface area contributed by atoms with Crippen molar-refractivity contribution in [3.8, 4) is 11.1 Å². The Morgan fingerprint density at radius 2 is 1.78 bits per heavy atom. The maximum absolute atomic E-state index is 13.6. The summed E-state index contributed by atoms with van der Waals surface area (Å²) in [5.74, 6) is -0.501. The third kappa shape index (κ3) is 4.15. The van der Waals surface area contributed by atoms with Crippen LogP contribution < -0.4 is 0 Å². The van der Waals surface area contributed by atoms with E-state index in [2.05, 4.69) is 0 Å². The molecule has 1 atom stereocenters. The molecule has 5 heteroatoms. The number of aliphatic hydroxyl groups excluding tert-OH is 2. The fourth-order valence-electron chi connectivity index (χ4n) is 3.13. The van der Waals surface area contributed by atoms with Gasteiger partial charge in [0.2, 0.25) is 0 Å². The van der Waals surface area contributed by atoms with E-state index in [1.54, 1.807) is 25.2 Å². The van der Waals surface area contributed by atoms with Crippen molar-refractivity contribution < 1.29 is 19.4 Å². The van der Waals surface area contributed by atoms with Crippen LogP contribution in [0.1, 0.15) is 15.9 Å². The largest absolute Gasteiger partial charge is 0.394 e. The number of hydrogen-bond acceptors (Lipinski definition) is 3. The number of amides is 1. The fraction of sp³-hybridized carbons (Fsp3) is 0.227. The summed E-state index contributed by atoms with van der Waals surface area (Å²) in [6.45, 7) is 1.61. The predicted octanol–water partition coefficient (Wildman–Crippen LogP) is 3.38. The van der Waals surface area contributed by atoms with E-state index in [4.69, 9.17) is 5.11 Å². The van der Waals surface area contributed by atoms with Gasteiger partial charge >= 0.3 is 0 Å². The van der Waals surface area contributed by atoms with E-state index in [-0.39, 0.29) is 18.3 Å². The number of carbonyl (C=O) groups excluding carboxylic acids is 1. The van der Waals surface area contributed by atoms with Crippen LogP contribution in [-0.4, -0.2) is 47.3 Å². The molecule has 0 aliphatic heterocycles. The first-order chi connectivity index (χ1) is 12.9. The molecular formula is C22H22FNO3. The Labute approximate surface area is 157 Å². The van der Waals surface area contributed by atoms with Gasteiger partial charge in [-0.25, -0.2) is 4.39 Å². The van der Waals surface area contributed by atoms with E-state index in [0.717, 1.165) is 27.5 Å². The van der Waals surface area contributed by atoms with Crippen molar-refractivity contribution in [2.45, 2.75) is 13.0 Å². The molecule has 0 bridgehead atoms. The van der Waals surface area contributed by atoms with Gasteiger partial charge < -0.3 is 15.1 Å². The third-order valence-corrected chi connectivity index (χ3v) is 4.64. The molecule has 0 aliphatic carbocycles. The van der Waals surface area contributed by atoms with Crippen LogP contribution in [-0.2, 0) is 0 Å². The first kappa shape index (κ1) is 19.0. The number of fused-ring (bicyclic) bond motifs is 1. The molecule has 3 aromatic rings. The SMILES string of the molecule is Cc1ccc(F)cc1-c1ccc2cc(C(=O)N(C)CC(O)CO)ccc2c1. The van der Waals surface area contributed by atoms with Crippen molar-refractivity contribution in [2.75, 3.05) is 20.2 Å². The molecule has 1 amide bonds. The summed E-state index contributed by atoms with van der Waals surface area (Å²) in [5.41, 5.74) is 3.26. The first-order valence-electron chi connectivity index (χ1n) is 8.74. The first-order valence-corrected chi connectivity index (χ1v) is 8.74. The Bertz CT molecular complexity index is 986. The molecule has 0 aromatic heterocycles. The minimum atomic E-state index is -0.962. The summed E-state index contributed by atoms with van der Waals surface area (Å²) in [6, 6.07) is 15.9. The number of likely N-dealkylation sites (N-methyl/N-ethyl adjacent to an activating group) is 1. The molecule has 2 N–H and O–H groups in total. The maximum atomic E-state index is 13.6. The summed E-state index contributed by atoms with van der Waals surface area (Å²) < 4.78 is 13.6. The molecule has 4 nitrogen and oxygen atoms in total. The number of halogens is 1. The van der Waals surface area contributed by atoms with Gasteiger partial charge in [0.05, 0.1) is 12.7 Å². The minimum absolute atomic E-state index is 0.0607. The lowest BCUT2D eigenvalue weighted by molar-refractivity contribution is 0.0520. The zero-order valence-corrected chi connectivity index (χ0v) is 15.3. The lowest BCUT2D eigenvalue weighted by atomic mass is 9.97. The molecule has 3 aromatic carbocycles. The van der Waals surface area contributed by atoms with Gasteiger partial charge in [0.25, 0.3) is 5.91 Å². The lowest BCUT2D eigenvalue weighted by Gasteiger charge is -2.20. The Morgan fingerprint density at radius 3 is 2.52 bits per heavy atom. The minimum Gasteiger partial charge on any atom is -0.394 e. The topological polar surface area (TPSA) is 60.8 Å². The van der Waals surface area contributed by atoms with Crippen LogP contribution in [0.3, 0.4) is 0 Å². The van der Waals surface area contributed by atoms with Gasteiger partial charge in [0.15, 0.2) is 0 Å². The number of aryl methyl sites for hydroxylation is 1. The number of hydrogen-bond donors (Lipinski definition) is 2. The molecule has 1 unspecified atom stereocenters. The van der Waals surface area contributed by atoms with Gasteiger partial charge in [-0.3, -0.25) is 4.79 Å². The van der Waals surface area contributed by atoms with E-state index in [1.807, 2.05) is 31.2 Å². The van der Waals surface area contributed by atoms with Crippen LogP contribution in [0.25, 0.3) is 21.9 Å². The quantitative estimate of drug-likeness (QED) is 0.727. The second-order valence-electron chi connectivity index (χ2n) is 6.76. The van der Waals surface area contributed by atoms with Gasteiger partial charge in [-0.15, -0.1) is 0 Å². The molecule has 0 radical (unpaired) electrons. The van der Waals surface area contributed by atoms with Crippen LogP contribution in [0.4, 0.5) is 4.39 Å². The Morgan fingerprint density at radius 1 is 1.07 bits per heavy atom. The van der Waals surface area contributed by atoms with Gasteiger partial charge in [0.1, 0.15) is 5.82 Å². The monoisotopic (exact) mass is 367 g/mol. The third-order valence-electron chi connectivity index (χ3n) is 4.64. The average molecular weight is 367 g/mol. The van der Waals surface area contributed by atoms with Crippen molar-refractivity contribution in [1.82, 2.24) is 4.90 Å². The smallest absolute Gasteiger partial charge is 0.253 e. The zero-order chi connectivity index (χ0) is 19.6. The molecule has 0 heterocycles. The van der Waals surface area contributed by atoms with Crippen molar-refractivity contribution in [3.63, 3.8) is 0 Å². The molecule has 0 saturated carbocycles. The number of nitrogens with zero attached hydrogens (tertiary/aromatic N) is 1. The van der Waals surface area contributed by atoms with Crippen molar-refractivity contribution in [2.24, 2.45) is 0 Å². The molecular weight excluding hydrogens is 345 g/mol. The van der Waals surface area contributed by atoms with Crippen LogP contribution in [0.15, 0.2) is 54.6 Å². The van der Waals surface area contributed by atoms with Gasteiger partial charge in [-0.1, -0.05) is 24.3 Å². The molecule has 27 heavy (non-hydrogen) atoms. The highest BCUT2D eigenvalue weighted by atomic mass is 19.1. The average Bonchev–Trinajstić information content (AvgIpc) is 2.68. The lowest BCUT2D eigenvalue weighted by Crippen LogP contribution is -2.35. The van der Waals surface area contributed by atoms with E-state index >= 15 is 0 Å². The number of carbonyl (C=O) groups is 1. The standard InChI is InChI=1S/C22H22FNO3/c1-14-3-8-19(23)11-21(14)17-6-4-16-10-18(7-5-15(16)9-17)22(27)24(2)12-20(26)13-25/h3-11,20,25-26H,12-13H2,1-2H3. The summed E-state index contributed by atoms with van der Waals surface area (Å²) in [4.78, 5) is 13.9. The van der Waals surface area contributed by atoms with Crippen molar-refractivity contribution in [1.29, 1.82) is 0 Å². The van der Waals surface area contributed by atoms with Crippen LogP contribution in [0.5, 0.6) is 0 Å². The van der Waals surface area contributed by atoms with Crippen LogP contribution in [0.2, 0.25) is 0 Å². The molecule has 0 aliphatic rings. The van der Waals surface area contributed by atoms with Gasteiger partial charge in [-0.05, 0) is 64.7 Å². The Kier molecular flexibility index (Phi) is 5.54. The van der Waals surface area contributed by atoms with Gasteiger partial charge in [-0.2, -0.15) is 0 Å². The molecule has 0 spiro atoms. The highest BCUT2D eigenvalue weighted by Crippen LogP contribution is 2.28. The predicted molar refractivity (Wildman–Crippen MR) is 104 cm³/mol. The number of aliphatic hydroxyl groups is 2. The second-order valence-corrected chi connectivity index (χ2v) is 6.76. The summed E-state index contributed by atoms with van der Waals surface area (Å²) in [7, 11) is 1.58.